The topological polar surface area (TPSA) is 64.3 Å². The van der Waals surface area contributed by atoms with Crippen LogP contribution in [0.15, 0.2) is 18.2 Å². The standard InChI is InChI=1S/C15H18N2O2/c1-10(2)13-4-3-7-17(13)14-6-5-11(15(18)19)8-12(14)9-16/h5-6,8,10,13H,3-4,7H2,1-2H3,(H,18,19). The highest BCUT2D eigenvalue weighted by atomic mass is 16.4. The van der Waals surface area contributed by atoms with E-state index < -0.39 is 5.97 Å². The van der Waals surface area contributed by atoms with Crippen molar-refractivity contribution in [2.75, 3.05) is 11.4 Å². The molecule has 1 atom stereocenters. The molecule has 100 valence electrons. The molecule has 2 rings (SSSR count). The summed E-state index contributed by atoms with van der Waals surface area (Å²) in [5, 5.41) is 18.2. The summed E-state index contributed by atoms with van der Waals surface area (Å²) in [6.45, 7) is 5.30. The summed E-state index contributed by atoms with van der Waals surface area (Å²) in [5.74, 6) is -0.474. The molecule has 0 radical (unpaired) electrons. The van der Waals surface area contributed by atoms with Crippen molar-refractivity contribution >= 4 is 11.7 Å². The van der Waals surface area contributed by atoms with Crippen LogP contribution in [0, 0.1) is 17.2 Å². The van der Waals surface area contributed by atoms with Crippen LogP contribution in [0.5, 0.6) is 0 Å². The lowest BCUT2D eigenvalue weighted by molar-refractivity contribution is 0.0697. The Bertz CT molecular complexity index is 531. The summed E-state index contributed by atoms with van der Waals surface area (Å²) < 4.78 is 0. The zero-order chi connectivity index (χ0) is 14.0. The van der Waals surface area contributed by atoms with E-state index in [-0.39, 0.29) is 5.56 Å². The highest BCUT2D eigenvalue weighted by Crippen LogP contribution is 2.32. The van der Waals surface area contributed by atoms with Crippen LogP contribution in [0.4, 0.5) is 5.69 Å². The number of anilines is 1. The molecule has 0 aromatic heterocycles. The fraction of sp³-hybridized carbons (Fsp3) is 0.467. The van der Waals surface area contributed by atoms with Gasteiger partial charge in [-0.25, -0.2) is 4.79 Å². The lowest BCUT2D eigenvalue weighted by Crippen LogP contribution is -2.33. The first-order chi connectivity index (χ1) is 9.04. The predicted molar refractivity (Wildman–Crippen MR) is 73.3 cm³/mol. The zero-order valence-electron chi connectivity index (χ0n) is 11.3. The van der Waals surface area contributed by atoms with E-state index >= 15 is 0 Å². The van der Waals surface area contributed by atoms with E-state index in [9.17, 15) is 10.1 Å². The van der Waals surface area contributed by atoms with E-state index in [2.05, 4.69) is 24.8 Å². The molecule has 0 amide bonds. The van der Waals surface area contributed by atoms with Crippen molar-refractivity contribution in [1.82, 2.24) is 0 Å². The molecule has 1 N–H and O–H groups in total. The Balaban J connectivity index is 2.40. The number of aromatic carboxylic acids is 1. The second kappa shape index (κ2) is 5.31. The molecule has 19 heavy (non-hydrogen) atoms. The Kier molecular flexibility index (Phi) is 3.75. The fourth-order valence-electron chi connectivity index (χ4n) is 2.79. The Morgan fingerprint density at radius 2 is 2.26 bits per heavy atom. The van der Waals surface area contributed by atoms with Crippen LogP contribution in [0.25, 0.3) is 0 Å². The van der Waals surface area contributed by atoms with Gasteiger partial charge in [0.25, 0.3) is 0 Å². The molecule has 1 aromatic carbocycles. The summed E-state index contributed by atoms with van der Waals surface area (Å²) in [7, 11) is 0. The molecule has 4 heteroatoms. The van der Waals surface area contributed by atoms with E-state index in [4.69, 9.17) is 5.11 Å². The first kappa shape index (κ1) is 13.4. The first-order valence-electron chi connectivity index (χ1n) is 6.58. The largest absolute Gasteiger partial charge is 0.478 e. The van der Waals surface area contributed by atoms with Crippen molar-refractivity contribution in [3.8, 4) is 6.07 Å². The maximum Gasteiger partial charge on any atom is 0.335 e. The Labute approximate surface area is 113 Å². The molecule has 1 aromatic rings. The monoisotopic (exact) mass is 258 g/mol. The Morgan fingerprint density at radius 1 is 1.53 bits per heavy atom. The molecular weight excluding hydrogens is 240 g/mol. The lowest BCUT2D eigenvalue weighted by Gasteiger charge is -2.30. The fourth-order valence-corrected chi connectivity index (χ4v) is 2.79. The van der Waals surface area contributed by atoms with Crippen molar-refractivity contribution in [2.24, 2.45) is 5.92 Å². The van der Waals surface area contributed by atoms with Gasteiger partial charge in [0.05, 0.1) is 16.8 Å². The number of carboxylic acid groups (broad SMARTS) is 1. The van der Waals surface area contributed by atoms with Crippen molar-refractivity contribution in [1.29, 1.82) is 5.26 Å². The van der Waals surface area contributed by atoms with Gasteiger partial charge in [0.2, 0.25) is 0 Å². The minimum absolute atomic E-state index is 0.167. The third-order valence-electron chi connectivity index (χ3n) is 3.74. The first-order valence-corrected chi connectivity index (χ1v) is 6.58. The van der Waals surface area contributed by atoms with E-state index in [0.717, 1.165) is 25.1 Å². The van der Waals surface area contributed by atoms with Crippen molar-refractivity contribution in [3.05, 3.63) is 29.3 Å². The SMILES string of the molecule is CC(C)C1CCCN1c1ccc(C(=O)O)cc1C#N. The summed E-state index contributed by atoms with van der Waals surface area (Å²) in [6.07, 6.45) is 2.25. The molecule has 1 aliphatic heterocycles. The average Bonchev–Trinajstić information content (AvgIpc) is 2.87. The van der Waals surface area contributed by atoms with Gasteiger partial charge in [-0.05, 0) is 37.0 Å². The Hall–Kier alpha value is -2.02. The van der Waals surface area contributed by atoms with Gasteiger partial charge in [-0.2, -0.15) is 5.26 Å². The molecule has 1 fully saturated rings. The van der Waals surface area contributed by atoms with Crippen molar-refractivity contribution in [2.45, 2.75) is 32.7 Å². The van der Waals surface area contributed by atoms with Gasteiger partial charge >= 0.3 is 5.97 Å². The van der Waals surface area contributed by atoms with Crippen molar-refractivity contribution in [3.63, 3.8) is 0 Å². The number of rotatable bonds is 3. The maximum absolute atomic E-state index is 11.0. The molecule has 0 spiro atoms. The molecule has 0 saturated carbocycles. The number of nitrogens with zero attached hydrogens (tertiary/aromatic N) is 2. The molecule has 4 nitrogen and oxygen atoms in total. The maximum atomic E-state index is 11.0. The van der Waals surface area contributed by atoms with E-state index in [1.54, 1.807) is 12.1 Å². The highest BCUT2D eigenvalue weighted by molar-refractivity contribution is 5.89. The molecule has 1 aliphatic rings. The van der Waals surface area contributed by atoms with Gasteiger partial charge in [0, 0.05) is 12.6 Å². The number of carboxylic acids is 1. The lowest BCUT2D eigenvalue weighted by atomic mass is 10.0. The third kappa shape index (κ3) is 2.55. The average molecular weight is 258 g/mol. The summed E-state index contributed by atoms with van der Waals surface area (Å²) in [4.78, 5) is 13.2. The van der Waals surface area contributed by atoms with Gasteiger partial charge in [0.15, 0.2) is 0 Å². The molecule has 1 saturated heterocycles. The molecule has 0 aliphatic carbocycles. The van der Waals surface area contributed by atoms with Crippen LogP contribution in [-0.2, 0) is 0 Å². The van der Waals surface area contributed by atoms with E-state index in [1.165, 1.54) is 6.07 Å². The van der Waals surface area contributed by atoms with Gasteiger partial charge in [-0.15, -0.1) is 0 Å². The smallest absolute Gasteiger partial charge is 0.335 e. The minimum Gasteiger partial charge on any atom is -0.478 e. The number of hydrogen-bond donors (Lipinski definition) is 1. The van der Waals surface area contributed by atoms with Gasteiger partial charge in [-0.3, -0.25) is 0 Å². The Morgan fingerprint density at radius 3 is 2.84 bits per heavy atom. The van der Waals surface area contributed by atoms with Crippen LogP contribution < -0.4 is 4.90 Å². The second-order valence-corrected chi connectivity index (χ2v) is 5.30. The molecule has 0 bridgehead atoms. The van der Waals surface area contributed by atoms with Crippen molar-refractivity contribution < 1.29 is 9.90 Å². The second-order valence-electron chi connectivity index (χ2n) is 5.30. The van der Waals surface area contributed by atoms with E-state index in [1.807, 2.05) is 0 Å². The quantitative estimate of drug-likeness (QED) is 0.905. The van der Waals surface area contributed by atoms with Crippen LogP contribution in [0.1, 0.15) is 42.6 Å². The van der Waals surface area contributed by atoms with E-state index in [0.29, 0.717) is 17.5 Å². The van der Waals surface area contributed by atoms with Gasteiger partial charge in [0.1, 0.15) is 6.07 Å². The summed E-state index contributed by atoms with van der Waals surface area (Å²) in [5.41, 5.74) is 1.48. The summed E-state index contributed by atoms with van der Waals surface area (Å²) in [6, 6.07) is 7.37. The van der Waals surface area contributed by atoms with Gasteiger partial charge in [-0.1, -0.05) is 13.8 Å². The van der Waals surface area contributed by atoms with Crippen LogP contribution in [0.3, 0.4) is 0 Å². The normalized spacial score (nSPS) is 18.6. The minimum atomic E-state index is -0.995. The number of carbonyl (C=O) groups is 1. The van der Waals surface area contributed by atoms with Crippen LogP contribution >= 0.6 is 0 Å². The molecular formula is C15H18N2O2. The number of benzene rings is 1. The van der Waals surface area contributed by atoms with Gasteiger partial charge < -0.3 is 10.0 Å². The zero-order valence-corrected chi connectivity index (χ0v) is 11.3. The molecule has 1 heterocycles. The summed E-state index contributed by atoms with van der Waals surface area (Å²) >= 11 is 0. The third-order valence-corrected chi connectivity index (χ3v) is 3.74. The highest BCUT2D eigenvalue weighted by Gasteiger charge is 2.28. The number of hydrogen-bond acceptors (Lipinski definition) is 3. The predicted octanol–water partition coefficient (Wildman–Crippen LogP) is 2.88. The number of nitriles is 1. The van der Waals surface area contributed by atoms with Crippen LogP contribution in [0.2, 0.25) is 0 Å². The molecule has 1 unspecified atom stereocenters. The van der Waals surface area contributed by atoms with Crippen LogP contribution in [-0.4, -0.2) is 23.7 Å².